The fourth-order valence-corrected chi connectivity index (χ4v) is 1.99. The van der Waals surface area contributed by atoms with E-state index in [0.29, 0.717) is 12.6 Å². The predicted octanol–water partition coefficient (Wildman–Crippen LogP) is 2.74. The molecule has 1 unspecified atom stereocenters. The standard InChI is InChI=1S/C14H18FN3/c1-3-17-11(2)13-4-5-18(10-13)9-12-6-14(15)8-16-7-12/h4-8,10-11,17H,3,9H2,1-2H3. The molecule has 0 saturated carbocycles. The second kappa shape index (κ2) is 5.78. The van der Waals surface area contributed by atoms with Crippen LogP contribution in [0.5, 0.6) is 0 Å². The second-order valence-corrected chi connectivity index (χ2v) is 4.41. The van der Waals surface area contributed by atoms with Gasteiger partial charge in [-0.15, -0.1) is 0 Å². The van der Waals surface area contributed by atoms with Crippen molar-refractivity contribution >= 4 is 0 Å². The average molecular weight is 247 g/mol. The summed E-state index contributed by atoms with van der Waals surface area (Å²) in [5, 5.41) is 3.36. The lowest BCUT2D eigenvalue weighted by atomic mass is 10.2. The molecule has 2 aromatic rings. The van der Waals surface area contributed by atoms with Crippen molar-refractivity contribution in [1.82, 2.24) is 14.9 Å². The van der Waals surface area contributed by atoms with Crippen LogP contribution in [-0.4, -0.2) is 16.1 Å². The van der Waals surface area contributed by atoms with Crippen molar-refractivity contribution in [2.75, 3.05) is 6.54 Å². The highest BCUT2D eigenvalue weighted by molar-refractivity contribution is 5.17. The molecule has 1 atom stereocenters. The number of halogens is 1. The number of nitrogens with zero attached hydrogens (tertiary/aromatic N) is 2. The first-order chi connectivity index (χ1) is 8.69. The van der Waals surface area contributed by atoms with Gasteiger partial charge in [0.1, 0.15) is 5.82 Å². The minimum Gasteiger partial charge on any atom is -0.350 e. The smallest absolute Gasteiger partial charge is 0.141 e. The fourth-order valence-electron chi connectivity index (χ4n) is 1.99. The molecule has 0 spiro atoms. The molecule has 18 heavy (non-hydrogen) atoms. The summed E-state index contributed by atoms with van der Waals surface area (Å²) < 4.78 is 15.1. The van der Waals surface area contributed by atoms with E-state index in [4.69, 9.17) is 0 Å². The van der Waals surface area contributed by atoms with Gasteiger partial charge in [0, 0.05) is 31.2 Å². The second-order valence-electron chi connectivity index (χ2n) is 4.41. The normalized spacial score (nSPS) is 12.6. The molecule has 0 aromatic carbocycles. The Morgan fingerprint density at radius 3 is 3.00 bits per heavy atom. The fraction of sp³-hybridized carbons (Fsp3) is 0.357. The van der Waals surface area contributed by atoms with Crippen LogP contribution >= 0.6 is 0 Å². The summed E-state index contributed by atoms with van der Waals surface area (Å²) in [6.07, 6.45) is 7.00. The molecular weight excluding hydrogens is 229 g/mol. The highest BCUT2D eigenvalue weighted by Gasteiger charge is 2.05. The first-order valence-corrected chi connectivity index (χ1v) is 6.17. The van der Waals surface area contributed by atoms with Crippen molar-refractivity contribution in [1.29, 1.82) is 0 Å². The lowest BCUT2D eigenvalue weighted by molar-refractivity contribution is 0.596. The minimum atomic E-state index is -0.291. The summed E-state index contributed by atoms with van der Waals surface area (Å²) in [6.45, 7) is 5.81. The molecule has 2 rings (SSSR count). The number of nitrogens with one attached hydrogen (secondary N) is 1. The van der Waals surface area contributed by atoms with E-state index < -0.39 is 0 Å². The van der Waals surface area contributed by atoms with Crippen molar-refractivity contribution in [2.24, 2.45) is 0 Å². The number of hydrogen-bond donors (Lipinski definition) is 1. The molecule has 0 aliphatic rings. The summed E-state index contributed by atoms with van der Waals surface area (Å²) >= 11 is 0. The molecule has 3 nitrogen and oxygen atoms in total. The maximum atomic E-state index is 13.0. The summed E-state index contributed by atoms with van der Waals surface area (Å²) in [7, 11) is 0. The third-order valence-corrected chi connectivity index (χ3v) is 2.91. The molecule has 4 heteroatoms. The highest BCUT2D eigenvalue weighted by atomic mass is 19.1. The third-order valence-electron chi connectivity index (χ3n) is 2.91. The van der Waals surface area contributed by atoms with E-state index >= 15 is 0 Å². The summed E-state index contributed by atoms with van der Waals surface area (Å²) in [5.41, 5.74) is 2.11. The van der Waals surface area contributed by atoms with Gasteiger partial charge in [-0.25, -0.2) is 4.39 Å². The zero-order valence-corrected chi connectivity index (χ0v) is 10.7. The molecule has 0 aliphatic heterocycles. The molecule has 0 amide bonds. The van der Waals surface area contributed by atoms with Gasteiger partial charge in [-0.1, -0.05) is 6.92 Å². The zero-order chi connectivity index (χ0) is 13.0. The van der Waals surface area contributed by atoms with E-state index in [2.05, 4.69) is 36.4 Å². The van der Waals surface area contributed by atoms with Crippen LogP contribution < -0.4 is 5.32 Å². The minimum absolute atomic E-state index is 0.291. The SMILES string of the molecule is CCNC(C)c1ccn(Cc2cncc(F)c2)c1. The van der Waals surface area contributed by atoms with Gasteiger partial charge in [-0.2, -0.15) is 0 Å². The maximum absolute atomic E-state index is 13.0. The van der Waals surface area contributed by atoms with Crippen LogP contribution in [0.1, 0.15) is 31.0 Å². The van der Waals surface area contributed by atoms with E-state index in [0.717, 1.165) is 12.1 Å². The largest absolute Gasteiger partial charge is 0.350 e. The summed E-state index contributed by atoms with van der Waals surface area (Å²) in [6, 6.07) is 3.93. The van der Waals surface area contributed by atoms with Gasteiger partial charge in [0.25, 0.3) is 0 Å². The monoisotopic (exact) mass is 247 g/mol. The van der Waals surface area contributed by atoms with Crippen LogP contribution in [-0.2, 0) is 6.54 Å². The van der Waals surface area contributed by atoms with Crippen LogP contribution in [0.2, 0.25) is 0 Å². The van der Waals surface area contributed by atoms with E-state index in [1.54, 1.807) is 6.20 Å². The van der Waals surface area contributed by atoms with Gasteiger partial charge >= 0.3 is 0 Å². The van der Waals surface area contributed by atoms with Crippen molar-refractivity contribution in [2.45, 2.75) is 26.4 Å². The average Bonchev–Trinajstić information content (AvgIpc) is 2.78. The Morgan fingerprint density at radius 2 is 2.28 bits per heavy atom. The lowest BCUT2D eigenvalue weighted by Gasteiger charge is -2.09. The van der Waals surface area contributed by atoms with E-state index in [1.807, 2.05) is 10.8 Å². The molecule has 96 valence electrons. The van der Waals surface area contributed by atoms with Gasteiger partial charge < -0.3 is 9.88 Å². The van der Waals surface area contributed by atoms with Gasteiger partial charge in [-0.05, 0) is 36.7 Å². The van der Waals surface area contributed by atoms with E-state index in [1.165, 1.54) is 17.8 Å². The third kappa shape index (κ3) is 3.17. The quantitative estimate of drug-likeness (QED) is 0.880. The topological polar surface area (TPSA) is 29.9 Å². The molecule has 0 aliphatic carbocycles. The Labute approximate surface area is 107 Å². The van der Waals surface area contributed by atoms with Gasteiger partial charge in [0.2, 0.25) is 0 Å². The highest BCUT2D eigenvalue weighted by Crippen LogP contribution is 2.13. The Bertz CT molecular complexity index is 507. The Morgan fingerprint density at radius 1 is 1.44 bits per heavy atom. The lowest BCUT2D eigenvalue weighted by Crippen LogP contribution is -2.17. The molecular formula is C14H18FN3. The molecule has 0 radical (unpaired) electrons. The number of pyridine rings is 1. The molecule has 0 saturated heterocycles. The summed E-state index contributed by atoms with van der Waals surface area (Å²) in [4.78, 5) is 3.85. The van der Waals surface area contributed by atoms with E-state index in [-0.39, 0.29) is 5.82 Å². The first-order valence-electron chi connectivity index (χ1n) is 6.17. The maximum Gasteiger partial charge on any atom is 0.141 e. The number of rotatable bonds is 5. The zero-order valence-electron chi connectivity index (χ0n) is 10.7. The van der Waals surface area contributed by atoms with E-state index in [9.17, 15) is 4.39 Å². The van der Waals surface area contributed by atoms with Crippen molar-refractivity contribution in [3.8, 4) is 0 Å². The summed E-state index contributed by atoms with van der Waals surface area (Å²) in [5.74, 6) is -0.291. The van der Waals surface area contributed by atoms with Crippen molar-refractivity contribution in [3.05, 3.63) is 53.9 Å². The Kier molecular flexibility index (Phi) is 4.10. The first kappa shape index (κ1) is 12.8. The van der Waals surface area contributed by atoms with Crippen LogP contribution in [0, 0.1) is 5.82 Å². The number of hydrogen-bond acceptors (Lipinski definition) is 2. The Hall–Kier alpha value is -1.68. The van der Waals surface area contributed by atoms with Crippen LogP contribution in [0.3, 0.4) is 0 Å². The van der Waals surface area contributed by atoms with Gasteiger partial charge in [0.05, 0.1) is 6.20 Å². The number of aromatic nitrogens is 2. The van der Waals surface area contributed by atoms with Crippen LogP contribution in [0.15, 0.2) is 36.9 Å². The predicted molar refractivity (Wildman–Crippen MR) is 69.8 cm³/mol. The van der Waals surface area contributed by atoms with Gasteiger partial charge in [0.15, 0.2) is 0 Å². The van der Waals surface area contributed by atoms with Gasteiger partial charge in [-0.3, -0.25) is 4.98 Å². The molecule has 1 N–H and O–H groups in total. The van der Waals surface area contributed by atoms with Crippen molar-refractivity contribution < 1.29 is 4.39 Å². The van der Waals surface area contributed by atoms with Crippen LogP contribution in [0.25, 0.3) is 0 Å². The Balaban J connectivity index is 2.06. The molecule has 0 fully saturated rings. The van der Waals surface area contributed by atoms with Crippen LogP contribution in [0.4, 0.5) is 4.39 Å². The molecule has 2 aromatic heterocycles. The molecule has 2 heterocycles. The molecule has 0 bridgehead atoms. The van der Waals surface area contributed by atoms with Crippen molar-refractivity contribution in [3.63, 3.8) is 0 Å².